The largest absolute Gasteiger partial charge is 1.00 e. The van der Waals surface area contributed by atoms with Crippen LogP contribution in [0.2, 0.25) is 0 Å². The van der Waals surface area contributed by atoms with Crippen LogP contribution < -0.4 is 26.9 Å². The zero-order valence-electron chi connectivity index (χ0n) is 14.1. The van der Waals surface area contributed by atoms with E-state index in [2.05, 4.69) is 27.2 Å². The normalized spacial score (nSPS) is 14.4. The Morgan fingerprint density at radius 1 is 1.00 bits per heavy atom. The summed E-state index contributed by atoms with van der Waals surface area (Å²) in [5.74, 6) is 0.208. The first-order valence-electron chi connectivity index (χ1n) is 8.78. The Morgan fingerprint density at radius 2 is 1.74 bits per heavy atom. The Balaban J connectivity index is 0.00000264. The van der Waals surface area contributed by atoms with Gasteiger partial charge in [-0.25, -0.2) is 4.57 Å². The number of likely N-dealkylation sites (tertiary alicyclic amines) is 1. The molecule has 0 radical (unpaired) electrons. The molecule has 1 saturated heterocycles. The van der Waals surface area contributed by atoms with Crippen molar-refractivity contribution in [1.29, 1.82) is 0 Å². The van der Waals surface area contributed by atoms with E-state index in [-0.39, 0.29) is 22.9 Å². The molecule has 0 unspecified atom stereocenters. The molecule has 0 aromatic carbocycles. The van der Waals surface area contributed by atoms with Crippen molar-refractivity contribution >= 4 is 5.91 Å². The van der Waals surface area contributed by atoms with Gasteiger partial charge in [-0.3, -0.25) is 4.79 Å². The summed E-state index contributed by atoms with van der Waals surface area (Å²) in [5, 5.41) is 3.04. The molecule has 1 aromatic rings. The minimum absolute atomic E-state index is 0. The van der Waals surface area contributed by atoms with E-state index in [0.717, 1.165) is 32.4 Å². The monoisotopic (exact) mass is 383 g/mol. The highest BCUT2D eigenvalue weighted by atomic mass is 79.9. The quantitative estimate of drug-likeness (QED) is 0.421. The minimum Gasteiger partial charge on any atom is -1.00 e. The molecule has 0 atom stereocenters. The topological polar surface area (TPSA) is 36.2 Å². The molecule has 2 heterocycles. The Hall–Kier alpha value is -0.940. The van der Waals surface area contributed by atoms with Gasteiger partial charge in [0.25, 0.3) is 0 Å². The Bertz CT molecular complexity index is 422. The van der Waals surface area contributed by atoms with Crippen molar-refractivity contribution in [2.75, 3.05) is 26.2 Å². The lowest BCUT2D eigenvalue weighted by Crippen LogP contribution is -3.00. The molecule has 1 amide bonds. The number of amides is 1. The highest BCUT2D eigenvalue weighted by Crippen LogP contribution is 2.07. The summed E-state index contributed by atoms with van der Waals surface area (Å²) in [6.07, 6.45) is 11.8. The molecule has 130 valence electrons. The molecule has 0 bridgehead atoms. The van der Waals surface area contributed by atoms with Crippen LogP contribution in [0.5, 0.6) is 0 Å². The third-order valence-electron chi connectivity index (χ3n) is 4.27. The Kier molecular flexibility index (Phi) is 10.9. The Labute approximate surface area is 151 Å². The van der Waals surface area contributed by atoms with Gasteiger partial charge >= 0.3 is 0 Å². The second-order valence-corrected chi connectivity index (χ2v) is 6.18. The van der Waals surface area contributed by atoms with E-state index in [9.17, 15) is 4.79 Å². The van der Waals surface area contributed by atoms with Gasteiger partial charge in [-0.2, -0.15) is 0 Å². The van der Waals surface area contributed by atoms with Crippen LogP contribution in [-0.2, 0) is 11.3 Å². The number of rotatable bonds is 10. The van der Waals surface area contributed by atoms with Crippen LogP contribution in [0, 0.1) is 0 Å². The van der Waals surface area contributed by atoms with E-state index < -0.39 is 0 Å². The first-order valence-corrected chi connectivity index (χ1v) is 8.78. The average Bonchev–Trinajstić information content (AvgIpc) is 3.06. The summed E-state index contributed by atoms with van der Waals surface area (Å²) in [6.45, 7) is 5.56. The number of nitrogens with one attached hydrogen (secondary N) is 1. The van der Waals surface area contributed by atoms with Crippen molar-refractivity contribution in [3.8, 4) is 0 Å². The molecule has 1 aromatic heterocycles. The SMILES string of the molecule is O=C(CCCC[n+]1ccccc1)NCCCCN1CCCC1.[Br-]. The van der Waals surface area contributed by atoms with Crippen LogP contribution in [0.1, 0.15) is 44.9 Å². The fourth-order valence-corrected chi connectivity index (χ4v) is 2.95. The van der Waals surface area contributed by atoms with Gasteiger partial charge in [0, 0.05) is 31.5 Å². The standard InChI is InChI=1S/C18H29N3O.BrH/c22-18(10-2-6-14-20-12-4-1-5-13-20)19-11-3-7-15-21-16-8-9-17-21;/h1,4-5,12-13H,2-3,6-11,14-17H2;1H. The minimum atomic E-state index is 0. The van der Waals surface area contributed by atoms with E-state index in [4.69, 9.17) is 0 Å². The zero-order valence-corrected chi connectivity index (χ0v) is 15.6. The number of hydrogen-bond donors (Lipinski definition) is 1. The number of carbonyl (C=O) groups excluding carboxylic acids is 1. The number of nitrogens with zero attached hydrogens (tertiary/aromatic N) is 2. The van der Waals surface area contributed by atoms with Gasteiger partial charge in [0.05, 0.1) is 0 Å². The summed E-state index contributed by atoms with van der Waals surface area (Å²) in [5.41, 5.74) is 0. The lowest BCUT2D eigenvalue weighted by atomic mass is 10.2. The van der Waals surface area contributed by atoms with Crippen molar-refractivity contribution in [2.24, 2.45) is 0 Å². The fraction of sp³-hybridized carbons (Fsp3) is 0.667. The summed E-state index contributed by atoms with van der Waals surface area (Å²) < 4.78 is 2.16. The maximum Gasteiger partial charge on any atom is 0.219 e. The third-order valence-corrected chi connectivity index (χ3v) is 4.27. The number of pyridine rings is 1. The molecule has 2 rings (SSSR count). The van der Waals surface area contributed by atoms with Crippen molar-refractivity contribution in [3.05, 3.63) is 30.6 Å². The second kappa shape index (κ2) is 12.5. The zero-order chi connectivity index (χ0) is 15.5. The Morgan fingerprint density at radius 3 is 2.48 bits per heavy atom. The van der Waals surface area contributed by atoms with Gasteiger partial charge in [0.1, 0.15) is 6.54 Å². The first-order chi connectivity index (χ1) is 10.8. The first kappa shape index (κ1) is 20.1. The van der Waals surface area contributed by atoms with Crippen LogP contribution in [0.15, 0.2) is 30.6 Å². The van der Waals surface area contributed by atoms with Gasteiger partial charge in [0.15, 0.2) is 12.4 Å². The summed E-state index contributed by atoms with van der Waals surface area (Å²) in [6, 6.07) is 6.09. The number of hydrogen-bond acceptors (Lipinski definition) is 2. The molecular formula is C18H30BrN3O. The molecule has 1 N–H and O–H groups in total. The van der Waals surface area contributed by atoms with E-state index >= 15 is 0 Å². The highest BCUT2D eigenvalue weighted by molar-refractivity contribution is 5.75. The van der Waals surface area contributed by atoms with E-state index in [1.807, 2.05) is 18.2 Å². The molecule has 5 heteroatoms. The van der Waals surface area contributed by atoms with Crippen molar-refractivity contribution < 1.29 is 26.3 Å². The fourth-order valence-electron chi connectivity index (χ4n) is 2.95. The van der Waals surface area contributed by atoms with Crippen molar-refractivity contribution in [3.63, 3.8) is 0 Å². The summed E-state index contributed by atoms with van der Waals surface area (Å²) in [4.78, 5) is 14.3. The van der Waals surface area contributed by atoms with Crippen LogP contribution in [-0.4, -0.2) is 37.0 Å². The van der Waals surface area contributed by atoms with Gasteiger partial charge in [-0.1, -0.05) is 6.07 Å². The second-order valence-electron chi connectivity index (χ2n) is 6.18. The number of halogens is 1. The van der Waals surface area contributed by atoms with Crippen molar-refractivity contribution in [1.82, 2.24) is 10.2 Å². The predicted octanol–water partition coefficient (Wildman–Crippen LogP) is -0.859. The number of carbonyl (C=O) groups is 1. The van der Waals surface area contributed by atoms with Gasteiger partial charge in [-0.15, -0.1) is 0 Å². The molecule has 0 aliphatic carbocycles. The van der Waals surface area contributed by atoms with E-state index in [1.54, 1.807) is 0 Å². The molecule has 1 aliphatic rings. The van der Waals surface area contributed by atoms with Crippen LogP contribution in [0.25, 0.3) is 0 Å². The maximum absolute atomic E-state index is 11.7. The number of aromatic nitrogens is 1. The molecular weight excluding hydrogens is 354 g/mol. The van der Waals surface area contributed by atoms with Gasteiger partial charge in [0.2, 0.25) is 5.91 Å². The molecule has 1 aliphatic heterocycles. The van der Waals surface area contributed by atoms with E-state index in [1.165, 1.54) is 38.9 Å². The van der Waals surface area contributed by atoms with Crippen molar-refractivity contribution in [2.45, 2.75) is 51.5 Å². The smallest absolute Gasteiger partial charge is 0.219 e. The molecule has 23 heavy (non-hydrogen) atoms. The lowest BCUT2D eigenvalue weighted by Gasteiger charge is -2.13. The van der Waals surface area contributed by atoms with Gasteiger partial charge < -0.3 is 27.2 Å². The molecule has 1 fully saturated rings. The molecule has 4 nitrogen and oxygen atoms in total. The van der Waals surface area contributed by atoms with E-state index in [0.29, 0.717) is 6.42 Å². The highest BCUT2D eigenvalue weighted by Gasteiger charge is 2.10. The maximum atomic E-state index is 11.7. The molecule has 0 spiro atoms. The van der Waals surface area contributed by atoms with Crippen LogP contribution in [0.3, 0.4) is 0 Å². The number of aryl methyl sites for hydroxylation is 1. The number of unbranched alkanes of at least 4 members (excludes halogenated alkanes) is 2. The molecule has 0 saturated carbocycles. The van der Waals surface area contributed by atoms with Gasteiger partial charge in [-0.05, 0) is 51.7 Å². The average molecular weight is 384 g/mol. The third kappa shape index (κ3) is 9.06. The summed E-state index contributed by atoms with van der Waals surface area (Å²) in [7, 11) is 0. The van der Waals surface area contributed by atoms with Crippen LogP contribution >= 0.6 is 0 Å². The lowest BCUT2D eigenvalue weighted by molar-refractivity contribution is -0.697. The summed E-state index contributed by atoms with van der Waals surface area (Å²) >= 11 is 0. The predicted molar refractivity (Wildman–Crippen MR) is 88.4 cm³/mol. The van der Waals surface area contributed by atoms with Crippen LogP contribution in [0.4, 0.5) is 0 Å².